The van der Waals surface area contributed by atoms with Gasteiger partial charge in [-0.3, -0.25) is 24.9 Å². The molecule has 0 radical (unpaired) electrons. The van der Waals surface area contributed by atoms with E-state index in [0.717, 1.165) is 30.2 Å². The number of carbonyl (C=O) groups excluding carboxylic acids is 2. The van der Waals surface area contributed by atoms with E-state index in [2.05, 4.69) is 20.7 Å². The lowest BCUT2D eigenvalue weighted by Crippen LogP contribution is -2.46. The van der Waals surface area contributed by atoms with Crippen molar-refractivity contribution in [1.82, 2.24) is 25.6 Å². The van der Waals surface area contributed by atoms with Crippen LogP contribution in [0, 0.1) is 17.7 Å². The number of pyridine rings is 1. The van der Waals surface area contributed by atoms with Crippen LogP contribution in [0.1, 0.15) is 55.6 Å². The molecule has 4 heterocycles. The molecule has 0 saturated carbocycles. The molecule has 0 bridgehead atoms. The van der Waals surface area contributed by atoms with Crippen molar-refractivity contribution in [3.63, 3.8) is 0 Å². The molecule has 3 aromatic rings. The Balaban J connectivity index is 1.10. The fourth-order valence-electron chi connectivity index (χ4n) is 6.23. The highest BCUT2D eigenvalue weighted by Crippen LogP contribution is 2.34. The van der Waals surface area contributed by atoms with Gasteiger partial charge >= 0.3 is 6.18 Å². The number of amides is 2. The van der Waals surface area contributed by atoms with Gasteiger partial charge in [0.2, 0.25) is 0 Å². The Kier molecular flexibility index (Phi) is 7.25. The lowest BCUT2D eigenvalue weighted by Gasteiger charge is -2.34. The van der Waals surface area contributed by atoms with Crippen molar-refractivity contribution >= 4 is 11.8 Å². The van der Waals surface area contributed by atoms with Crippen LogP contribution in [-0.2, 0) is 19.1 Å². The molecule has 41 heavy (non-hydrogen) atoms. The van der Waals surface area contributed by atoms with E-state index in [1.807, 2.05) is 12.1 Å². The number of carbonyl (C=O) groups is 2. The van der Waals surface area contributed by atoms with Gasteiger partial charge in [0.15, 0.2) is 0 Å². The van der Waals surface area contributed by atoms with E-state index >= 15 is 0 Å². The average molecular weight is 568 g/mol. The highest BCUT2D eigenvalue weighted by atomic mass is 19.4. The number of benzene rings is 2. The zero-order chi connectivity index (χ0) is 28.7. The van der Waals surface area contributed by atoms with Crippen LogP contribution in [0.5, 0.6) is 0 Å². The van der Waals surface area contributed by atoms with Gasteiger partial charge in [-0.1, -0.05) is 30.3 Å². The van der Waals surface area contributed by atoms with Crippen LogP contribution >= 0.6 is 0 Å². The second kappa shape index (κ2) is 10.9. The monoisotopic (exact) mass is 567 g/mol. The number of nitrogens with one attached hydrogen (secondary N) is 2. The van der Waals surface area contributed by atoms with E-state index in [9.17, 15) is 27.2 Å². The molecule has 3 unspecified atom stereocenters. The van der Waals surface area contributed by atoms with Gasteiger partial charge in [-0.15, -0.1) is 0 Å². The third-order valence-corrected chi connectivity index (χ3v) is 8.34. The molecule has 2 saturated heterocycles. The van der Waals surface area contributed by atoms with Crippen LogP contribution in [0.3, 0.4) is 0 Å². The van der Waals surface area contributed by atoms with Gasteiger partial charge in [-0.25, -0.2) is 9.82 Å². The third kappa shape index (κ3) is 5.69. The topological polar surface area (TPSA) is 77.6 Å². The van der Waals surface area contributed by atoms with E-state index in [0.29, 0.717) is 49.6 Å². The van der Waals surface area contributed by atoms with Crippen molar-refractivity contribution in [2.45, 2.75) is 31.6 Å². The van der Waals surface area contributed by atoms with Crippen molar-refractivity contribution in [2.75, 3.05) is 26.2 Å². The van der Waals surface area contributed by atoms with E-state index < -0.39 is 17.7 Å². The van der Waals surface area contributed by atoms with Crippen molar-refractivity contribution in [1.29, 1.82) is 0 Å². The van der Waals surface area contributed by atoms with Gasteiger partial charge in [0.25, 0.3) is 11.8 Å². The maximum absolute atomic E-state index is 14.9. The number of rotatable bonds is 5. The summed E-state index contributed by atoms with van der Waals surface area (Å²) in [6.45, 7) is 3.00. The minimum atomic E-state index is -4.47. The fraction of sp³-hybridized carbons (Fsp3) is 0.367. The molecule has 7 nitrogen and oxygen atoms in total. The first-order chi connectivity index (χ1) is 19.7. The Bertz CT molecular complexity index is 1460. The number of hydrogen-bond donors (Lipinski definition) is 2. The average Bonchev–Trinajstić information content (AvgIpc) is 3.39. The molecule has 2 N–H and O–H groups in total. The number of hydrazine groups is 1. The number of likely N-dealkylation sites (tertiary alicyclic amines) is 2. The Morgan fingerprint density at radius 1 is 1.00 bits per heavy atom. The smallest absolute Gasteiger partial charge is 0.338 e. The summed E-state index contributed by atoms with van der Waals surface area (Å²) in [5, 5.41) is 0. The first-order valence-corrected chi connectivity index (χ1v) is 13.6. The van der Waals surface area contributed by atoms with Crippen molar-refractivity contribution < 1.29 is 27.2 Å². The van der Waals surface area contributed by atoms with Crippen LogP contribution in [-0.4, -0.2) is 52.8 Å². The molecule has 0 spiro atoms. The second-order valence-corrected chi connectivity index (χ2v) is 11.1. The van der Waals surface area contributed by atoms with Crippen molar-refractivity contribution in [3.05, 3.63) is 100 Å². The summed E-state index contributed by atoms with van der Waals surface area (Å²) >= 11 is 0. The standard InChI is InChI=1S/C30H29F4N5O2/c31-25-7-5-18(12-26-22-3-1-2-4-23(22)28(40)37-36-26)11-24(25)29(41)39-16-20-9-10-38(15-21(20)17-39)14-19-6-8-27(35-13-19)30(32,33)34/h1-8,11,13,20-21,26,36H,9-10,12,14-17H2,(H,37,40). The summed E-state index contributed by atoms with van der Waals surface area (Å²) in [6, 6.07) is 14.1. The molecule has 3 aliphatic rings. The van der Waals surface area contributed by atoms with Gasteiger partial charge in [-0.05, 0) is 72.2 Å². The predicted molar refractivity (Wildman–Crippen MR) is 142 cm³/mol. The number of aromatic nitrogens is 1. The highest BCUT2D eigenvalue weighted by Gasteiger charge is 2.40. The van der Waals surface area contributed by atoms with Gasteiger partial charge in [0.1, 0.15) is 11.5 Å². The molecule has 2 fully saturated rings. The quantitative estimate of drug-likeness (QED) is 0.448. The normalized spacial score (nSPS) is 22.7. The van der Waals surface area contributed by atoms with Crippen LogP contribution in [0.4, 0.5) is 17.6 Å². The predicted octanol–water partition coefficient (Wildman–Crippen LogP) is 4.37. The fourth-order valence-corrected chi connectivity index (χ4v) is 6.23. The number of alkyl halides is 3. The van der Waals surface area contributed by atoms with E-state index in [-0.39, 0.29) is 29.3 Å². The maximum atomic E-state index is 14.9. The SMILES string of the molecule is O=C1NNC(Cc2ccc(F)c(C(=O)N3CC4CCN(Cc5ccc(C(F)(F)F)nc5)CC4C3)c2)c2ccccc21. The summed E-state index contributed by atoms with van der Waals surface area (Å²) in [6.07, 6.45) is -1.89. The Morgan fingerprint density at radius 3 is 2.56 bits per heavy atom. The summed E-state index contributed by atoms with van der Waals surface area (Å²) in [5.41, 5.74) is 7.69. The highest BCUT2D eigenvalue weighted by molar-refractivity contribution is 5.96. The number of nitrogens with zero attached hydrogens (tertiary/aromatic N) is 3. The number of hydrogen-bond acceptors (Lipinski definition) is 5. The molecule has 3 atom stereocenters. The molecule has 3 aliphatic heterocycles. The molecule has 1 aromatic heterocycles. The van der Waals surface area contributed by atoms with Crippen LogP contribution in [0.2, 0.25) is 0 Å². The lowest BCUT2D eigenvalue weighted by atomic mass is 9.88. The van der Waals surface area contributed by atoms with Gasteiger partial charge in [-0.2, -0.15) is 13.2 Å². The van der Waals surface area contributed by atoms with Gasteiger partial charge in [0.05, 0.1) is 11.6 Å². The van der Waals surface area contributed by atoms with Crippen LogP contribution < -0.4 is 10.9 Å². The summed E-state index contributed by atoms with van der Waals surface area (Å²) in [7, 11) is 0. The summed E-state index contributed by atoms with van der Waals surface area (Å²) < 4.78 is 53.4. The van der Waals surface area contributed by atoms with Crippen LogP contribution in [0.15, 0.2) is 60.8 Å². The molecule has 2 amide bonds. The van der Waals surface area contributed by atoms with Crippen molar-refractivity contribution in [2.24, 2.45) is 11.8 Å². The molecule has 214 valence electrons. The van der Waals surface area contributed by atoms with Gasteiger partial charge in [0, 0.05) is 37.9 Å². The number of halogens is 4. The zero-order valence-electron chi connectivity index (χ0n) is 22.1. The third-order valence-electron chi connectivity index (χ3n) is 8.34. The Morgan fingerprint density at radius 2 is 1.78 bits per heavy atom. The minimum Gasteiger partial charge on any atom is -0.338 e. The van der Waals surface area contributed by atoms with Crippen molar-refractivity contribution in [3.8, 4) is 0 Å². The lowest BCUT2D eigenvalue weighted by molar-refractivity contribution is -0.141. The number of piperidine rings is 1. The molecular weight excluding hydrogens is 538 g/mol. The molecule has 11 heteroatoms. The van der Waals surface area contributed by atoms with E-state index in [1.54, 1.807) is 29.2 Å². The molecule has 2 aromatic carbocycles. The summed E-state index contributed by atoms with van der Waals surface area (Å²) in [4.78, 5) is 33.1. The molecular formula is C30H29F4N5O2. The first kappa shape index (κ1) is 27.3. The van der Waals surface area contributed by atoms with Crippen LogP contribution in [0.25, 0.3) is 0 Å². The molecule has 6 rings (SSSR count). The second-order valence-electron chi connectivity index (χ2n) is 11.1. The minimum absolute atomic E-state index is 0.0296. The van der Waals surface area contributed by atoms with E-state index in [1.165, 1.54) is 18.3 Å². The molecule has 0 aliphatic carbocycles. The largest absolute Gasteiger partial charge is 0.433 e. The zero-order valence-corrected chi connectivity index (χ0v) is 22.1. The van der Waals surface area contributed by atoms with Gasteiger partial charge < -0.3 is 4.90 Å². The Hall–Kier alpha value is -3.83. The number of fused-ring (bicyclic) bond motifs is 2. The first-order valence-electron chi connectivity index (χ1n) is 13.6. The summed E-state index contributed by atoms with van der Waals surface area (Å²) in [5.74, 6) is -0.638. The Labute approximate surface area is 234 Å². The van der Waals surface area contributed by atoms with E-state index in [4.69, 9.17) is 0 Å². The maximum Gasteiger partial charge on any atom is 0.433 e.